The molecule has 0 aromatic heterocycles. The van der Waals surface area contributed by atoms with Crippen molar-refractivity contribution < 1.29 is 73.4 Å². The van der Waals surface area contributed by atoms with Crippen LogP contribution in [-0.2, 0) is 4.52 Å². The summed E-state index contributed by atoms with van der Waals surface area (Å²) >= 11 is 0. The second-order valence-electron chi connectivity index (χ2n) is 6.36. The van der Waals surface area contributed by atoms with Crippen LogP contribution in [0.4, 0.5) is 0 Å². The fourth-order valence-electron chi connectivity index (χ4n) is 2.79. The second kappa shape index (κ2) is 27.5. The quantitative estimate of drug-likeness (QED) is 0.179. The SMILES string of the molecule is CCCCCCCCCCCCCCCCCCOP([O-])[O-].[Na+].[Na+]. The fourth-order valence-corrected chi connectivity index (χ4v) is 3.07. The number of rotatable bonds is 18. The molecule has 0 aromatic carbocycles. The molecule has 0 fully saturated rings. The molecule has 0 aromatic rings. The van der Waals surface area contributed by atoms with Gasteiger partial charge in [-0.05, 0) is 6.42 Å². The average Bonchev–Trinajstić information content (AvgIpc) is 2.50. The topological polar surface area (TPSA) is 55.3 Å². The van der Waals surface area contributed by atoms with Crippen molar-refractivity contribution in [2.45, 2.75) is 110 Å². The van der Waals surface area contributed by atoms with Crippen LogP contribution in [0.15, 0.2) is 0 Å². The third-order valence-corrected chi connectivity index (χ3v) is 4.59. The maximum atomic E-state index is 10.2. The first kappa shape index (κ1) is 31.0. The number of hydrogen-bond donors (Lipinski definition) is 0. The molecule has 134 valence electrons. The second-order valence-corrected chi connectivity index (χ2v) is 7.07. The first-order chi connectivity index (χ1) is 10.8. The largest absolute Gasteiger partial charge is 1.00 e. The van der Waals surface area contributed by atoms with E-state index in [2.05, 4.69) is 11.4 Å². The Kier molecular flexibility index (Phi) is 35.6. The molecule has 3 nitrogen and oxygen atoms in total. The van der Waals surface area contributed by atoms with E-state index in [-0.39, 0.29) is 59.1 Å². The van der Waals surface area contributed by atoms with Crippen LogP contribution < -0.4 is 68.9 Å². The Balaban J connectivity index is -0.00000220. The molecular weight excluding hydrogens is 341 g/mol. The molecule has 0 saturated carbocycles. The molecule has 0 rings (SSSR count). The molecule has 0 N–H and O–H groups in total. The van der Waals surface area contributed by atoms with Gasteiger partial charge in [0, 0.05) is 6.61 Å². The normalized spacial score (nSPS) is 10.5. The molecule has 6 heteroatoms. The van der Waals surface area contributed by atoms with Crippen LogP contribution in [0, 0.1) is 0 Å². The van der Waals surface area contributed by atoms with Crippen molar-refractivity contribution in [3.63, 3.8) is 0 Å². The van der Waals surface area contributed by atoms with Crippen molar-refractivity contribution in [3.05, 3.63) is 0 Å². The Bertz CT molecular complexity index is 211. The zero-order valence-corrected chi connectivity index (χ0v) is 21.6. The van der Waals surface area contributed by atoms with Crippen molar-refractivity contribution in [2.75, 3.05) is 6.61 Å². The Morgan fingerprint density at radius 2 is 0.833 bits per heavy atom. The van der Waals surface area contributed by atoms with Crippen molar-refractivity contribution in [2.24, 2.45) is 0 Å². The first-order valence-corrected chi connectivity index (χ1v) is 10.6. The van der Waals surface area contributed by atoms with E-state index in [0.717, 1.165) is 12.8 Å². The summed E-state index contributed by atoms with van der Waals surface area (Å²) < 4.78 is 4.51. The van der Waals surface area contributed by atoms with E-state index >= 15 is 0 Å². The molecule has 0 amide bonds. The Morgan fingerprint density at radius 3 is 1.12 bits per heavy atom. The van der Waals surface area contributed by atoms with Gasteiger partial charge in [-0.3, -0.25) is 0 Å². The van der Waals surface area contributed by atoms with Crippen LogP contribution in [0.1, 0.15) is 110 Å². The van der Waals surface area contributed by atoms with E-state index in [9.17, 15) is 9.79 Å². The summed E-state index contributed by atoms with van der Waals surface area (Å²) in [6.45, 7) is 2.63. The summed E-state index contributed by atoms with van der Waals surface area (Å²) in [7, 11) is -2.64. The van der Waals surface area contributed by atoms with Crippen molar-refractivity contribution in [1.29, 1.82) is 0 Å². The first-order valence-electron chi connectivity index (χ1n) is 9.54. The van der Waals surface area contributed by atoms with Gasteiger partial charge in [-0.2, -0.15) is 8.60 Å². The van der Waals surface area contributed by atoms with Crippen molar-refractivity contribution in [1.82, 2.24) is 0 Å². The molecule has 0 atom stereocenters. The zero-order chi connectivity index (χ0) is 16.3. The van der Waals surface area contributed by atoms with E-state index in [4.69, 9.17) is 0 Å². The van der Waals surface area contributed by atoms with Gasteiger partial charge in [0.2, 0.25) is 0 Å². The van der Waals surface area contributed by atoms with Gasteiger partial charge in [-0.15, -0.1) is 0 Å². The number of unbranched alkanes of at least 4 members (excludes halogenated alkanes) is 15. The summed E-state index contributed by atoms with van der Waals surface area (Å²) in [6, 6.07) is 0. The van der Waals surface area contributed by atoms with Gasteiger partial charge in [0.25, 0.3) is 0 Å². The van der Waals surface area contributed by atoms with Gasteiger partial charge >= 0.3 is 59.1 Å². The van der Waals surface area contributed by atoms with Gasteiger partial charge < -0.3 is 14.3 Å². The summed E-state index contributed by atoms with van der Waals surface area (Å²) in [4.78, 5) is 20.3. The van der Waals surface area contributed by atoms with Gasteiger partial charge in [0.15, 0.2) is 0 Å². The van der Waals surface area contributed by atoms with Gasteiger partial charge in [-0.25, -0.2) is 0 Å². The summed E-state index contributed by atoms with van der Waals surface area (Å²) in [5.74, 6) is 0. The predicted molar refractivity (Wildman–Crippen MR) is 92.4 cm³/mol. The summed E-state index contributed by atoms with van der Waals surface area (Å²) in [5.41, 5.74) is 0. The maximum absolute atomic E-state index is 10.2. The molecule has 0 saturated heterocycles. The molecule has 24 heavy (non-hydrogen) atoms. The van der Waals surface area contributed by atoms with E-state index in [0.29, 0.717) is 6.61 Å². The van der Waals surface area contributed by atoms with Gasteiger partial charge in [0.05, 0.1) is 0 Å². The minimum atomic E-state index is -2.64. The average molecular weight is 378 g/mol. The van der Waals surface area contributed by atoms with Crippen molar-refractivity contribution in [3.8, 4) is 0 Å². The third kappa shape index (κ3) is 29.1. The minimum Gasteiger partial charge on any atom is -0.820 e. The predicted octanol–water partition coefficient (Wildman–Crippen LogP) is -0.780. The van der Waals surface area contributed by atoms with E-state index < -0.39 is 8.60 Å². The third-order valence-electron chi connectivity index (χ3n) is 4.19. The monoisotopic (exact) mass is 378 g/mol. The maximum Gasteiger partial charge on any atom is 1.00 e. The van der Waals surface area contributed by atoms with Crippen LogP contribution >= 0.6 is 8.60 Å². The molecule has 0 radical (unpaired) electrons. The molecule has 0 aliphatic carbocycles. The van der Waals surface area contributed by atoms with Crippen LogP contribution in [0.25, 0.3) is 0 Å². The Morgan fingerprint density at radius 1 is 0.542 bits per heavy atom. The van der Waals surface area contributed by atoms with E-state index in [1.54, 1.807) is 0 Å². The molecular formula is C18H37Na2O3P. The molecule has 0 spiro atoms. The van der Waals surface area contributed by atoms with E-state index in [1.807, 2.05) is 0 Å². The van der Waals surface area contributed by atoms with Crippen LogP contribution in [0.2, 0.25) is 0 Å². The molecule has 0 unspecified atom stereocenters. The van der Waals surface area contributed by atoms with Gasteiger partial charge in [-0.1, -0.05) is 103 Å². The Labute approximate surface area is 196 Å². The molecule has 0 heterocycles. The Hall–Kier alpha value is 2.31. The molecule has 0 aliphatic heterocycles. The smallest absolute Gasteiger partial charge is 0.820 e. The van der Waals surface area contributed by atoms with Crippen LogP contribution in [0.5, 0.6) is 0 Å². The van der Waals surface area contributed by atoms with E-state index in [1.165, 1.54) is 89.9 Å². The molecule has 0 bridgehead atoms. The van der Waals surface area contributed by atoms with Crippen LogP contribution in [-0.4, -0.2) is 6.61 Å². The summed E-state index contributed by atoms with van der Waals surface area (Å²) in [5, 5.41) is 0. The standard InChI is InChI=1S/C18H37O3P.2Na/c1-2-3-4-5-6-7-8-9-10-11-12-13-14-15-16-17-18-21-22(19)20;;/h2-18H2,1H3;;/q-2;2*+1. The summed E-state index contributed by atoms with van der Waals surface area (Å²) in [6.07, 6.45) is 21.2. The van der Waals surface area contributed by atoms with Gasteiger partial charge in [0.1, 0.15) is 0 Å². The number of hydrogen-bond acceptors (Lipinski definition) is 3. The van der Waals surface area contributed by atoms with Crippen molar-refractivity contribution >= 4 is 8.60 Å². The minimum absolute atomic E-state index is 0. The molecule has 0 aliphatic rings. The fraction of sp³-hybridized carbons (Fsp3) is 1.00. The zero-order valence-electron chi connectivity index (χ0n) is 16.7. The van der Waals surface area contributed by atoms with Crippen LogP contribution in [0.3, 0.4) is 0 Å².